The Balaban J connectivity index is 2.39. The zero-order valence-corrected chi connectivity index (χ0v) is 14.1. The van der Waals surface area contributed by atoms with Crippen LogP contribution in [0.2, 0.25) is 0 Å². The van der Waals surface area contributed by atoms with Gasteiger partial charge in [0.15, 0.2) is 0 Å². The van der Waals surface area contributed by atoms with E-state index in [1.54, 1.807) is 0 Å². The molecule has 0 bridgehead atoms. The van der Waals surface area contributed by atoms with Crippen molar-refractivity contribution in [3.63, 3.8) is 0 Å². The molecule has 0 amide bonds. The van der Waals surface area contributed by atoms with Gasteiger partial charge in [0.25, 0.3) is 0 Å². The lowest BCUT2D eigenvalue weighted by Gasteiger charge is -2.22. The summed E-state index contributed by atoms with van der Waals surface area (Å²) in [6.45, 7) is 2.04. The molecule has 0 heterocycles. The normalized spacial score (nSPS) is 14.1. The van der Waals surface area contributed by atoms with Gasteiger partial charge in [-0.1, -0.05) is 53.2 Å². The van der Waals surface area contributed by atoms with Crippen LogP contribution in [0.25, 0.3) is 0 Å². The molecule has 0 saturated carbocycles. The Morgan fingerprint density at radius 3 is 2.30 bits per heavy atom. The molecule has 2 atom stereocenters. The highest BCUT2D eigenvalue weighted by Gasteiger charge is 2.24. The average molecular weight is 404 g/mol. The Kier molecular flexibility index (Phi) is 5.33. The van der Waals surface area contributed by atoms with Gasteiger partial charge in [-0.15, -0.1) is 0 Å². The fraction of sp³-hybridized carbons (Fsp3) is 0.250. The van der Waals surface area contributed by atoms with E-state index in [1.807, 2.05) is 37.3 Å². The molecule has 0 aliphatic carbocycles. The first-order chi connectivity index (χ1) is 9.54. The van der Waals surface area contributed by atoms with Crippen molar-refractivity contribution in [1.82, 2.24) is 0 Å². The number of benzene rings is 2. The van der Waals surface area contributed by atoms with Crippen molar-refractivity contribution in [2.45, 2.75) is 24.1 Å². The van der Waals surface area contributed by atoms with Crippen molar-refractivity contribution in [2.75, 3.05) is 0 Å². The van der Waals surface area contributed by atoms with E-state index in [9.17, 15) is 8.78 Å². The lowest BCUT2D eigenvalue weighted by molar-refractivity contribution is 0.560. The smallest absolute Gasteiger partial charge is 0.137 e. The maximum Gasteiger partial charge on any atom is 0.137 e. The van der Waals surface area contributed by atoms with E-state index >= 15 is 0 Å². The molecule has 0 aromatic heterocycles. The topological polar surface area (TPSA) is 0 Å². The fourth-order valence-corrected chi connectivity index (χ4v) is 3.62. The molecule has 0 spiro atoms. The average Bonchev–Trinajstić information content (AvgIpc) is 2.44. The molecule has 2 unspecified atom stereocenters. The van der Waals surface area contributed by atoms with Crippen LogP contribution in [-0.4, -0.2) is 0 Å². The van der Waals surface area contributed by atoms with Gasteiger partial charge in [-0.25, -0.2) is 8.78 Å². The Bertz CT molecular complexity index is 585. The number of hydrogen-bond donors (Lipinski definition) is 0. The molecule has 2 aromatic carbocycles. The van der Waals surface area contributed by atoms with Crippen LogP contribution in [0.3, 0.4) is 0 Å². The summed E-state index contributed by atoms with van der Waals surface area (Å²) >= 11 is 6.53. The van der Waals surface area contributed by atoms with Crippen LogP contribution in [0.4, 0.5) is 8.78 Å². The lowest BCUT2D eigenvalue weighted by atomic mass is 9.89. The van der Waals surface area contributed by atoms with Crippen molar-refractivity contribution >= 4 is 31.9 Å². The maximum atomic E-state index is 14.1. The number of rotatable bonds is 4. The van der Waals surface area contributed by atoms with E-state index in [0.717, 1.165) is 12.0 Å². The highest BCUT2D eigenvalue weighted by Crippen LogP contribution is 2.41. The first-order valence-corrected chi connectivity index (χ1v) is 8.09. The van der Waals surface area contributed by atoms with E-state index in [0.29, 0.717) is 5.56 Å². The van der Waals surface area contributed by atoms with Crippen LogP contribution in [0, 0.1) is 11.6 Å². The second-order valence-corrected chi connectivity index (χ2v) is 6.46. The van der Waals surface area contributed by atoms with Gasteiger partial charge in [0.1, 0.15) is 11.6 Å². The first kappa shape index (κ1) is 15.6. The van der Waals surface area contributed by atoms with Crippen molar-refractivity contribution in [1.29, 1.82) is 0 Å². The van der Waals surface area contributed by atoms with Gasteiger partial charge in [-0.05, 0) is 40.0 Å². The summed E-state index contributed by atoms with van der Waals surface area (Å²) in [7, 11) is 0. The third-order valence-corrected chi connectivity index (χ3v) is 5.10. The highest BCUT2D eigenvalue weighted by molar-refractivity contribution is 9.10. The van der Waals surface area contributed by atoms with Crippen LogP contribution in [-0.2, 0) is 0 Å². The summed E-state index contributed by atoms with van der Waals surface area (Å²) in [5, 5.41) is 0. The highest BCUT2D eigenvalue weighted by atomic mass is 79.9. The molecule has 0 aliphatic rings. The van der Waals surface area contributed by atoms with Crippen LogP contribution >= 0.6 is 31.9 Å². The maximum absolute atomic E-state index is 14.1. The van der Waals surface area contributed by atoms with Crippen molar-refractivity contribution < 1.29 is 8.78 Å². The van der Waals surface area contributed by atoms with Gasteiger partial charge in [0.2, 0.25) is 0 Å². The summed E-state index contributed by atoms with van der Waals surface area (Å²) in [6, 6.07) is 12.3. The third-order valence-electron chi connectivity index (χ3n) is 3.36. The van der Waals surface area contributed by atoms with Crippen molar-refractivity contribution in [2.24, 2.45) is 0 Å². The molecule has 0 radical (unpaired) electrons. The fourth-order valence-electron chi connectivity index (χ4n) is 2.28. The van der Waals surface area contributed by atoms with Gasteiger partial charge in [0, 0.05) is 16.3 Å². The van der Waals surface area contributed by atoms with E-state index in [4.69, 9.17) is 0 Å². The number of halogens is 4. The molecule has 2 aromatic rings. The zero-order chi connectivity index (χ0) is 14.7. The van der Waals surface area contributed by atoms with Crippen molar-refractivity contribution in [3.05, 3.63) is 69.7 Å². The molecule has 4 heteroatoms. The quantitative estimate of drug-likeness (QED) is 0.411. The van der Waals surface area contributed by atoms with Gasteiger partial charge < -0.3 is 0 Å². The Morgan fingerprint density at radius 1 is 1.05 bits per heavy atom. The minimum absolute atomic E-state index is 0.0891. The third kappa shape index (κ3) is 3.29. The Hall–Kier alpha value is -0.740. The second kappa shape index (κ2) is 6.81. The van der Waals surface area contributed by atoms with Gasteiger partial charge >= 0.3 is 0 Å². The molecule has 2 rings (SSSR count). The predicted octanol–water partition coefficient (Wildman–Crippen LogP) is 6.36. The molecule has 106 valence electrons. The van der Waals surface area contributed by atoms with E-state index in [1.165, 1.54) is 12.1 Å². The summed E-state index contributed by atoms with van der Waals surface area (Å²) in [5.41, 5.74) is 1.46. The predicted molar refractivity (Wildman–Crippen MR) is 85.2 cm³/mol. The largest absolute Gasteiger partial charge is 0.207 e. The van der Waals surface area contributed by atoms with Crippen LogP contribution < -0.4 is 0 Å². The molecule has 0 aliphatic heterocycles. The van der Waals surface area contributed by atoms with Gasteiger partial charge in [-0.2, -0.15) is 0 Å². The van der Waals surface area contributed by atoms with E-state index in [2.05, 4.69) is 31.9 Å². The second-order valence-electron chi connectivity index (χ2n) is 4.62. The van der Waals surface area contributed by atoms with E-state index < -0.39 is 11.6 Å². The zero-order valence-electron chi connectivity index (χ0n) is 10.9. The van der Waals surface area contributed by atoms with Crippen LogP contribution in [0.1, 0.15) is 35.2 Å². The molecular formula is C16H14Br2F2. The monoisotopic (exact) mass is 402 g/mol. The summed E-state index contributed by atoms with van der Waals surface area (Å²) in [4.78, 5) is -0.266. The standard InChI is InChI=1S/C16H14Br2F2/c1-2-11(10-6-4-3-5-7-10)16(18)12-8-15(20)13(17)9-14(12)19/h3-9,11,16H,2H2,1H3. The summed E-state index contributed by atoms with van der Waals surface area (Å²) < 4.78 is 27.9. The van der Waals surface area contributed by atoms with Crippen LogP contribution in [0.15, 0.2) is 46.9 Å². The number of hydrogen-bond acceptors (Lipinski definition) is 0. The van der Waals surface area contributed by atoms with Gasteiger partial charge in [-0.3, -0.25) is 0 Å². The molecule has 0 N–H and O–H groups in total. The minimum atomic E-state index is -0.450. The number of alkyl halides is 1. The van der Waals surface area contributed by atoms with Gasteiger partial charge in [0.05, 0.1) is 4.47 Å². The molecule has 0 saturated heterocycles. The Morgan fingerprint density at radius 2 is 1.70 bits per heavy atom. The van der Waals surface area contributed by atoms with Crippen LogP contribution in [0.5, 0.6) is 0 Å². The van der Waals surface area contributed by atoms with E-state index in [-0.39, 0.29) is 15.2 Å². The SMILES string of the molecule is CCC(c1ccccc1)C(Br)c1cc(F)c(Br)cc1F. The minimum Gasteiger partial charge on any atom is -0.207 e. The summed E-state index contributed by atoms with van der Waals surface area (Å²) in [5.74, 6) is -0.769. The summed E-state index contributed by atoms with van der Waals surface area (Å²) in [6.07, 6.45) is 0.830. The molecule has 0 fully saturated rings. The van der Waals surface area contributed by atoms with Crippen molar-refractivity contribution in [3.8, 4) is 0 Å². The molecular weight excluding hydrogens is 390 g/mol. The molecule has 0 nitrogen and oxygen atoms in total. The first-order valence-electron chi connectivity index (χ1n) is 6.38. The lowest BCUT2D eigenvalue weighted by Crippen LogP contribution is -2.07. The molecule has 20 heavy (non-hydrogen) atoms. The Labute approximate surface area is 134 Å².